The predicted molar refractivity (Wildman–Crippen MR) is 30.7 cm³/mol. The summed E-state index contributed by atoms with van der Waals surface area (Å²) >= 11 is 0. The average molecular weight is 171 g/mol. The molecule has 0 aromatic carbocycles. The third-order valence-corrected chi connectivity index (χ3v) is 0.718. The number of alkyl halides is 3. The van der Waals surface area contributed by atoms with E-state index in [1.807, 2.05) is 0 Å². The van der Waals surface area contributed by atoms with Gasteiger partial charge < -0.3 is 4.74 Å². The van der Waals surface area contributed by atoms with Crippen LogP contribution in [0.1, 0.15) is 6.92 Å². The summed E-state index contributed by atoms with van der Waals surface area (Å²) in [5, 5.41) is 0.790. The molecular formula is C5H8F3NO2. The second-order valence-electron chi connectivity index (χ2n) is 1.68. The number of carbonyl (C=O) groups excluding carboxylic acids is 1. The topological polar surface area (TPSA) is 38.3 Å². The zero-order valence-electron chi connectivity index (χ0n) is 5.86. The highest BCUT2D eigenvalue weighted by Crippen LogP contribution is 2.08. The van der Waals surface area contributed by atoms with Gasteiger partial charge in [0.05, 0.1) is 0 Å². The van der Waals surface area contributed by atoms with E-state index >= 15 is 0 Å². The van der Waals surface area contributed by atoms with E-state index in [9.17, 15) is 18.0 Å². The van der Waals surface area contributed by atoms with Crippen LogP contribution in [0.15, 0.2) is 0 Å². The molecule has 0 aliphatic heterocycles. The molecule has 0 heterocycles. The van der Waals surface area contributed by atoms with E-state index in [2.05, 4.69) is 4.74 Å². The first-order valence-corrected chi connectivity index (χ1v) is 2.91. The quantitative estimate of drug-likeness (QED) is 0.633. The van der Waals surface area contributed by atoms with Gasteiger partial charge in [-0.1, -0.05) is 0 Å². The summed E-state index contributed by atoms with van der Waals surface area (Å²) in [4.78, 5) is 10.3. The third-order valence-electron chi connectivity index (χ3n) is 0.718. The number of ether oxygens (including phenoxy) is 1. The van der Waals surface area contributed by atoms with Crippen molar-refractivity contribution in [1.29, 1.82) is 0 Å². The van der Waals surface area contributed by atoms with E-state index in [4.69, 9.17) is 0 Å². The van der Waals surface area contributed by atoms with Crippen molar-refractivity contribution in [1.82, 2.24) is 5.32 Å². The van der Waals surface area contributed by atoms with Gasteiger partial charge in [-0.15, -0.1) is 0 Å². The lowest BCUT2D eigenvalue weighted by atomic mass is 10.6. The van der Waals surface area contributed by atoms with E-state index in [0.29, 0.717) is 0 Å². The molecule has 0 unspecified atom stereocenters. The van der Waals surface area contributed by atoms with E-state index in [-0.39, 0.29) is 6.61 Å². The summed E-state index contributed by atoms with van der Waals surface area (Å²) < 4.78 is 38.5. The molecule has 0 saturated heterocycles. The van der Waals surface area contributed by atoms with Gasteiger partial charge in [-0.05, 0) is 6.92 Å². The Balaban J connectivity index is 3.53. The van der Waals surface area contributed by atoms with Gasteiger partial charge >= 0.3 is 6.30 Å². The highest BCUT2D eigenvalue weighted by atomic mass is 19.4. The van der Waals surface area contributed by atoms with Crippen LogP contribution in [0.5, 0.6) is 0 Å². The minimum Gasteiger partial charge on any atom is -0.372 e. The Morgan fingerprint density at radius 3 is 2.45 bits per heavy atom. The standard InChI is InChI=1S/C5H8F3NO2/c1-2-11-3-4(10)9-5(6,7)8/h2-3H2,1H3,(H,9,10). The molecule has 0 spiro atoms. The predicted octanol–water partition coefficient (Wildman–Crippen LogP) is 0.659. The van der Waals surface area contributed by atoms with Gasteiger partial charge in [0, 0.05) is 6.61 Å². The maximum Gasteiger partial charge on any atom is 0.484 e. The zero-order valence-corrected chi connectivity index (χ0v) is 5.86. The Labute approximate surface area is 61.5 Å². The molecule has 6 heteroatoms. The van der Waals surface area contributed by atoms with Gasteiger partial charge in [-0.3, -0.25) is 10.1 Å². The fraction of sp³-hybridized carbons (Fsp3) is 0.800. The number of rotatable bonds is 3. The van der Waals surface area contributed by atoms with Crippen LogP contribution in [-0.4, -0.2) is 25.4 Å². The summed E-state index contributed by atoms with van der Waals surface area (Å²) in [5.74, 6) is -1.18. The lowest BCUT2D eigenvalue weighted by Gasteiger charge is -2.07. The average Bonchev–Trinajstić information content (AvgIpc) is 1.79. The Hall–Kier alpha value is -0.780. The van der Waals surface area contributed by atoms with Gasteiger partial charge in [-0.25, -0.2) is 0 Å². The molecular weight excluding hydrogens is 163 g/mol. The number of halogens is 3. The molecule has 0 bridgehead atoms. The summed E-state index contributed by atoms with van der Waals surface area (Å²) in [6, 6.07) is 0. The molecule has 0 atom stereocenters. The van der Waals surface area contributed by atoms with Crippen molar-refractivity contribution in [2.24, 2.45) is 0 Å². The van der Waals surface area contributed by atoms with Crippen LogP contribution in [0.25, 0.3) is 0 Å². The molecule has 1 amide bonds. The van der Waals surface area contributed by atoms with Gasteiger partial charge in [0.15, 0.2) is 0 Å². The molecule has 3 nitrogen and oxygen atoms in total. The highest BCUT2D eigenvalue weighted by molar-refractivity contribution is 5.77. The van der Waals surface area contributed by atoms with Gasteiger partial charge in [0.1, 0.15) is 6.61 Å². The molecule has 1 N–H and O–H groups in total. The van der Waals surface area contributed by atoms with Crippen molar-refractivity contribution in [3.63, 3.8) is 0 Å². The fourth-order valence-corrected chi connectivity index (χ4v) is 0.389. The first-order chi connectivity index (χ1) is 4.95. The molecule has 0 aliphatic carbocycles. The number of amides is 1. The van der Waals surface area contributed by atoms with Crippen LogP contribution < -0.4 is 5.32 Å². The van der Waals surface area contributed by atoms with Crippen LogP contribution in [0.2, 0.25) is 0 Å². The summed E-state index contributed by atoms with van der Waals surface area (Å²) in [5.41, 5.74) is 0. The Kier molecular flexibility index (Phi) is 3.88. The summed E-state index contributed by atoms with van der Waals surface area (Å²) in [6.45, 7) is 1.24. The van der Waals surface area contributed by atoms with E-state index < -0.39 is 18.8 Å². The normalized spacial score (nSPS) is 11.3. The molecule has 0 saturated carbocycles. The van der Waals surface area contributed by atoms with Gasteiger partial charge in [0.25, 0.3) is 5.91 Å². The lowest BCUT2D eigenvalue weighted by molar-refractivity contribution is -0.172. The van der Waals surface area contributed by atoms with E-state index in [0.717, 1.165) is 5.32 Å². The van der Waals surface area contributed by atoms with Crippen molar-refractivity contribution in [3.8, 4) is 0 Å². The highest BCUT2D eigenvalue weighted by Gasteiger charge is 2.29. The maximum atomic E-state index is 11.3. The maximum absolute atomic E-state index is 11.3. The van der Waals surface area contributed by atoms with Crippen LogP contribution in [-0.2, 0) is 9.53 Å². The van der Waals surface area contributed by atoms with Crippen molar-refractivity contribution in [2.75, 3.05) is 13.2 Å². The number of carbonyl (C=O) groups is 1. The van der Waals surface area contributed by atoms with Crippen molar-refractivity contribution in [2.45, 2.75) is 13.2 Å². The number of hydrogen-bond acceptors (Lipinski definition) is 2. The monoisotopic (exact) mass is 171 g/mol. The lowest BCUT2D eigenvalue weighted by Crippen LogP contribution is -2.39. The van der Waals surface area contributed by atoms with Crippen LogP contribution in [0, 0.1) is 0 Å². The van der Waals surface area contributed by atoms with Crippen molar-refractivity contribution >= 4 is 5.91 Å². The Bertz CT molecular complexity index is 134. The second-order valence-corrected chi connectivity index (χ2v) is 1.68. The number of nitrogens with one attached hydrogen (secondary N) is 1. The van der Waals surface area contributed by atoms with E-state index in [1.165, 1.54) is 0 Å². The van der Waals surface area contributed by atoms with Gasteiger partial charge in [0.2, 0.25) is 0 Å². The molecule has 66 valence electrons. The molecule has 11 heavy (non-hydrogen) atoms. The summed E-state index contributed by atoms with van der Waals surface area (Å²) in [7, 11) is 0. The van der Waals surface area contributed by atoms with Crippen LogP contribution >= 0.6 is 0 Å². The molecule has 0 fully saturated rings. The molecule has 0 rings (SSSR count). The molecule has 0 radical (unpaired) electrons. The van der Waals surface area contributed by atoms with Crippen LogP contribution in [0.3, 0.4) is 0 Å². The molecule has 0 aromatic rings. The fourth-order valence-electron chi connectivity index (χ4n) is 0.389. The van der Waals surface area contributed by atoms with Crippen molar-refractivity contribution < 1.29 is 22.7 Å². The zero-order chi connectivity index (χ0) is 8.91. The molecule has 0 aromatic heterocycles. The largest absolute Gasteiger partial charge is 0.484 e. The SMILES string of the molecule is CCOCC(=O)NC(F)(F)F. The first-order valence-electron chi connectivity index (χ1n) is 2.91. The molecule has 0 aliphatic rings. The second kappa shape index (κ2) is 4.17. The van der Waals surface area contributed by atoms with E-state index in [1.54, 1.807) is 6.92 Å². The third kappa shape index (κ3) is 7.11. The Morgan fingerprint density at radius 1 is 1.55 bits per heavy atom. The smallest absolute Gasteiger partial charge is 0.372 e. The van der Waals surface area contributed by atoms with Gasteiger partial charge in [-0.2, -0.15) is 13.2 Å². The summed E-state index contributed by atoms with van der Waals surface area (Å²) in [6.07, 6.45) is -4.66. The minimum atomic E-state index is -4.66. The first kappa shape index (κ1) is 10.2. The minimum absolute atomic E-state index is 0.214. The number of hydrogen-bond donors (Lipinski definition) is 1. The Morgan fingerprint density at radius 2 is 2.09 bits per heavy atom. The van der Waals surface area contributed by atoms with Crippen molar-refractivity contribution in [3.05, 3.63) is 0 Å². The van der Waals surface area contributed by atoms with Crippen LogP contribution in [0.4, 0.5) is 13.2 Å².